The van der Waals surface area contributed by atoms with Crippen molar-refractivity contribution < 1.29 is 14.4 Å². The van der Waals surface area contributed by atoms with Gasteiger partial charge >= 0.3 is 0 Å². The fraction of sp³-hybridized carbons (Fsp3) is 0.429. The highest BCUT2D eigenvalue weighted by Gasteiger charge is 2.31. The lowest BCUT2D eigenvalue weighted by Crippen LogP contribution is -2.51. The lowest BCUT2D eigenvalue weighted by molar-refractivity contribution is -0.147. The van der Waals surface area contributed by atoms with Gasteiger partial charge in [0, 0.05) is 18.0 Å². The predicted octanol–water partition coefficient (Wildman–Crippen LogP) is 1.16. The third-order valence-corrected chi connectivity index (χ3v) is 3.68. The van der Waals surface area contributed by atoms with E-state index >= 15 is 0 Å². The molecule has 0 unspecified atom stereocenters. The van der Waals surface area contributed by atoms with Crippen molar-refractivity contribution in [3.05, 3.63) is 20.9 Å². The molecule has 1 aliphatic heterocycles. The fourth-order valence-electron chi connectivity index (χ4n) is 2.13. The lowest BCUT2D eigenvalue weighted by atomic mass is 9.90. The van der Waals surface area contributed by atoms with E-state index < -0.39 is 17.7 Å². The Morgan fingerprint density at radius 2 is 2.00 bits per heavy atom. The minimum Gasteiger partial charge on any atom is -0.336 e. The van der Waals surface area contributed by atoms with E-state index in [1.165, 1.54) is 13.0 Å². The first-order chi connectivity index (χ1) is 10.1. The van der Waals surface area contributed by atoms with Crippen LogP contribution in [0, 0.1) is 3.83 Å². The van der Waals surface area contributed by atoms with Crippen molar-refractivity contribution in [2.45, 2.75) is 33.1 Å². The standard InChI is InChI=1S/C14H17IN4O3/c1-7(20)19-6-10(21)16-9(12(19)22)5-8-11(14(2,3)4)18-13(15)17-8/h5H,6H2,1-4H3,(H,16,21)(H,17,18)/b9-5-. The summed E-state index contributed by atoms with van der Waals surface area (Å²) in [5.74, 6) is -1.38. The van der Waals surface area contributed by atoms with Gasteiger partial charge in [0.15, 0.2) is 3.83 Å². The van der Waals surface area contributed by atoms with Gasteiger partial charge in [-0.1, -0.05) is 20.8 Å². The van der Waals surface area contributed by atoms with Crippen molar-refractivity contribution in [3.63, 3.8) is 0 Å². The molecule has 0 aromatic carbocycles. The van der Waals surface area contributed by atoms with Crippen LogP contribution in [0.25, 0.3) is 6.08 Å². The molecular formula is C14H17IN4O3. The number of aromatic amines is 1. The van der Waals surface area contributed by atoms with Crippen LogP contribution in [0.1, 0.15) is 39.1 Å². The highest BCUT2D eigenvalue weighted by atomic mass is 127. The number of carbonyl (C=O) groups excluding carboxylic acids is 3. The van der Waals surface area contributed by atoms with E-state index in [9.17, 15) is 14.4 Å². The number of hydrogen-bond donors (Lipinski definition) is 2. The first kappa shape index (κ1) is 16.7. The number of rotatable bonds is 1. The predicted molar refractivity (Wildman–Crippen MR) is 88.5 cm³/mol. The zero-order chi connectivity index (χ0) is 16.7. The summed E-state index contributed by atoms with van der Waals surface area (Å²) < 4.78 is 0.687. The number of nitrogens with one attached hydrogen (secondary N) is 2. The normalized spacial score (nSPS) is 17.9. The molecule has 7 nitrogen and oxygen atoms in total. The van der Waals surface area contributed by atoms with Gasteiger partial charge in [-0.05, 0) is 28.7 Å². The van der Waals surface area contributed by atoms with Crippen molar-refractivity contribution in [3.8, 4) is 0 Å². The van der Waals surface area contributed by atoms with Gasteiger partial charge < -0.3 is 10.3 Å². The van der Waals surface area contributed by atoms with Crippen LogP contribution in [0.2, 0.25) is 0 Å². The van der Waals surface area contributed by atoms with Gasteiger partial charge in [0.25, 0.3) is 5.91 Å². The number of aromatic nitrogens is 2. The van der Waals surface area contributed by atoms with Gasteiger partial charge in [0.2, 0.25) is 11.8 Å². The summed E-state index contributed by atoms with van der Waals surface area (Å²) in [7, 11) is 0. The smallest absolute Gasteiger partial charge is 0.277 e. The van der Waals surface area contributed by atoms with Gasteiger partial charge in [0.1, 0.15) is 12.2 Å². The Balaban J connectivity index is 2.46. The number of imidazole rings is 1. The number of halogens is 1. The number of hydrogen-bond acceptors (Lipinski definition) is 4. The summed E-state index contributed by atoms with van der Waals surface area (Å²) in [5, 5.41) is 2.51. The van der Waals surface area contributed by atoms with Crippen molar-refractivity contribution in [1.29, 1.82) is 0 Å². The monoisotopic (exact) mass is 416 g/mol. The fourth-order valence-corrected chi connectivity index (χ4v) is 2.66. The molecule has 0 atom stereocenters. The largest absolute Gasteiger partial charge is 0.336 e. The third-order valence-electron chi connectivity index (χ3n) is 3.17. The molecule has 1 aliphatic rings. The molecule has 22 heavy (non-hydrogen) atoms. The minimum atomic E-state index is -0.523. The maximum atomic E-state index is 12.3. The zero-order valence-corrected chi connectivity index (χ0v) is 14.9. The Labute approximate surface area is 141 Å². The van der Waals surface area contributed by atoms with Crippen LogP contribution in [-0.4, -0.2) is 39.1 Å². The van der Waals surface area contributed by atoms with E-state index in [2.05, 4.69) is 37.9 Å². The van der Waals surface area contributed by atoms with Crippen molar-refractivity contribution in [2.75, 3.05) is 6.54 Å². The summed E-state index contributed by atoms with van der Waals surface area (Å²) in [6.45, 7) is 7.05. The van der Waals surface area contributed by atoms with E-state index in [1.54, 1.807) is 0 Å². The Kier molecular flexibility index (Phi) is 4.41. The van der Waals surface area contributed by atoms with Crippen LogP contribution < -0.4 is 5.32 Å². The molecule has 1 saturated heterocycles. The molecule has 1 aromatic rings. The number of imide groups is 1. The topological polar surface area (TPSA) is 95.2 Å². The van der Waals surface area contributed by atoms with Crippen molar-refractivity contribution >= 4 is 46.4 Å². The summed E-state index contributed by atoms with van der Waals surface area (Å²) in [6, 6.07) is 0. The molecule has 3 amide bonds. The van der Waals surface area contributed by atoms with Crippen LogP contribution in [0.4, 0.5) is 0 Å². The molecule has 2 N–H and O–H groups in total. The first-order valence-electron chi connectivity index (χ1n) is 6.69. The molecule has 0 bridgehead atoms. The number of amides is 3. The summed E-state index contributed by atoms with van der Waals surface area (Å²) in [4.78, 5) is 43.8. The van der Waals surface area contributed by atoms with E-state index in [-0.39, 0.29) is 17.7 Å². The molecule has 118 valence electrons. The molecule has 0 saturated carbocycles. The zero-order valence-electron chi connectivity index (χ0n) is 12.8. The second-order valence-corrected chi connectivity index (χ2v) is 7.08. The lowest BCUT2D eigenvalue weighted by Gasteiger charge is -2.25. The SMILES string of the molecule is CC(=O)N1CC(=O)N/C(=C\c2nc(I)[nH]c2C(C)(C)C)C1=O. The second kappa shape index (κ2) is 5.82. The average Bonchev–Trinajstić information content (AvgIpc) is 2.74. The molecule has 2 rings (SSSR count). The number of H-pyrrole nitrogens is 1. The highest BCUT2D eigenvalue weighted by molar-refractivity contribution is 14.1. The number of carbonyl (C=O) groups is 3. The Hall–Kier alpha value is -1.71. The summed E-state index contributed by atoms with van der Waals surface area (Å²) in [6.07, 6.45) is 1.51. The molecule has 0 radical (unpaired) electrons. The molecule has 1 fully saturated rings. The molecular weight excluding hydrogens is 399 g/mol. The minimum absolute atomic E-state index is 0.0554. The molecule has 1 aromatic heterocycles. The maximum Gasteiger partial charge on any atom is 0.277 e. The van der Waals surface area contributed by atoms with Gasteiger partial charge in [-0.2, -0.15) is 0 Å². The Morgan fingerprint density at radius 3 is 2.55 bits per heavy atom. The van der Waals surface area contributed by atoms with E-state index in [0.717, 1.165) is 10.6 Å². The maximum absolute atomic E-state index is 12.3. The average molecular weight is 416 g/mol. The van der Waals surface area contributed by atoms with Crippen molar-refractivity contribution in [2.24, 2.45) is 0 Å². The van der Waals surface area contributed by atoms with Gasteiger partial charge in [-0.25, -0.2) is 4.98 Å². The van der Waals surface area contributed by atoms with E-state index in [4.69, 9.17) is 0 Å². The highest BCUT2D eigenvalue weighted by Crippen LogP contribution is 2.26. The number of piperazine rings is 1. The Bertz CT molecular complexity index is 685. The van der Waals surface area contributed by atoms with Gasteiger partial charge in [-0.3, -0.25) is 19.3 Å². The molecule has 2 heterocycles. The van der Waals surface area contributed by atoms with Gasteiger partial charge in [-0.15, -0.1) is 0 Å². The van der Waals surface area contributed by atoms with Crippen LogP contribution in [0.15, 0.2) is 5.70 Å². The van der Waals surface area contributed by atoms with E-state index in [1.807, 2.05) is 20.8 Å². The summed E-state index contributed by atoms with van der Waals surface area (Å²) in [5.41, 5.74) is 1.28. The second-order valence-electron chi connectivity index (χ2n) is 6.05. The van der Waals surface area contributed by atoms with E-state index in [0.29, 0.717) is 9.53 Å². The van der Waals surface area contributed by atoms with Crippen molar-refractivity contribution in [1.82, 2.24) is 20.2 Å². The third kappa shape index (κ3) is 3.37. The van der Waals surface area contributed by atoms with Crippen LogP contribution in [0.5, 0.6) is 0 Å². The quantitative estimate of drug-likeness (QED) is 0.531. The van der Waals surface area contributed by atoms with Crippen LogP contribution in [0.3, 0.4) is 0 Å². The molecule has 0 aliphatic carbocycles. The summed E-state index contributed by atoms with van der Waals surface area (Å²) >= 11 is 2.05. The first-order valence-corrected chi connectivity index (χ1v) is 7.77. The van der Waals surface area contributed by atoms with Crippen LogP contribution >= 0.6 is 22.6 Å². The number of nitrogens with zero attached hydrogens (tertiary/aromatic N) is 2. The molecule has 0 spiro atoms. The van der Waals surface area contributed by atoms with Crippen LogP contribution in [-0.2, 0) is 19.8 Å². The molecule has 8 heteroatoms. The van der Waals surface area contributed by atoms with Gasteiger partial charge in [0.05, 0.1) is 5.69 Å². The Morgan fingerprint density at radius 1 is 1.36 bits per heavy atom.